The van der Waals surface area contributed by atoms with E-state index in [1.807, 2.05) is 36.4 Å². The second-order valence-electron chi connectivity index (χ2n) is 6.37. The number of carbonyl (C=O) groups excluding carboxylic acids is 1. The molecule has 0 bridgehead atoms. The summed E-state index contributed by atoms with van der Waals surface area (Å²) in [7, 11) is -3.85. The molecule has 0 aliphatic carbocycles. The maximum absolute atomic E-state index is 12.8. The highest BCUT2D eigenvalue weighted by atomic mass is 31.2. The number of carbonyl (C=O) groups is 2. The minimum absolute atomic E-state index is 0.0120. The topological polar surface area (TPSA) is 113 Å². The summed E-state index contributed by atoms with van der Waals surface area (Å²) in [5.41, 5.74) is 1.66. The van der Waals surface area contributed by atoms with Gasteiger partial charge in [0.05, 0.1) is 0 Å². The molecule has 0 saturated heterocycles. The van der Waals surface area contributed by atoms with E-state index in [0.717, 1.165) is 11.1 Å². The molecule has 1 amide bonds. The highest BCUT2D eigenvalue weighted by Gasteiger charge is 2.32. The van der Waals surface area contributed by atoms with Crippen LogP contribution in [0.25, 0.3) is 0 Å². The van der Waals surface area contributed by atoms with Gasteiger partial charge in [0, 0.05) is 12.6 Å². The lowest BCUT2D eigenvalue weighted by Gasteiger charge is -2.23. The summed E-state index contributed by atoms with van der Waals surface area (Å²) < 4.78 is 17.9. The van der Waals surface area contributed by atoms with Gasteiger partial charge in [-0.1, -0.05) is 60.7 Å². The predicted octanol–water partition coefficient (Wildman–Crippen LogP) is 3.62. The van der Waals surface area contributed by atoms with Crippen molar-refractivity contribution in [2.24, 2.45) is 0 Å². The van der Waals surface area contributed by atoms with Crippen molar-refractivity contribution in [3.8, 4) is 0 Å². The first kappa shape index (κ1) is 21.7. The van der Waals surface area contributed by atoms with Crippen molar-refractivity contribution in [3.63, 3.8) is 0 Å². The van der Waals surface area contributed by atoms with Gasteiger partial charge in [-0.3, -0.25) is 9.36 Å². The Labute approximate surface area is 163 Å². The van der Waals surface area contributed by atoms with Crippen molar-refractivity contribution >= 4 is 19.4 Å². The van der Waals surface area contributed by atoms with Gasteiger partial charge in [-0.25, -0.2) is 4.79 Å². The Morgan fingerprint density at radius 3 is 2.14 bits per heavy atom. The van der Waals surface area contributed by atoms with Crippen molar-refractivity contribution in [1.29, 1.82) is 0 Å². The van der Waals surface area contributed by atoms with Crippen LogP contribution >= 0.6 is 7.37 Å². The average molecular weight is 405 g/mol. The molecule has 2 rings (SSSR count). The quantitative estimate of drug-likeness (QED) is 0.521. The molecule has 0 aliphatic heterocycles. The number of hydrogen-bond acceptors (Lipinski definition) is 4. The Morgan fingerprint density at radius 2 is 1.57 bits per heavy atom. The van der Waals surface area contributed by atoms with Gasteiger partial charge in [0.25, 0.3) is 0 Å². The zero-order chi connectivity index (χ0) is 20.4. The maximum atomic E-state index is 12.8. The molecule has 2 aromatic rings. The summed E-state index contributed by atoms with van der Waals surface area (Å²) in [6, 6.07) is 18.2. The van der Waals surface area contributed by atoms with Crippen molar-refractivity contribution in [3.05, 3.63) is 71.8 Å². The molecule has 0 aromatic heterocycles. The number of aliphatic carboxylic acids is 1. The lowest BCUT2D eigenvalue weighted by Crippen LogP contribution is -2.36. The molecule has 7 nitrogen and oxygen atoms in total. The van der Waals surface area contributed by atoms with E-state index in [4.69, 9.17) is 9.84 Å². The number of benzene rings is 2. The van der Waals surface area contributed by atoms with Gasteiger partial charge in [-0.05, 0) is 24.0 Å². The van der Waals surface area contributed by atoms with Gasteiger partial charge < -0.3 is 20.1 Å². The molecule has 0 heterocycles. The highest BCUT2D eigenvalue weighted by molar-refractivity contribution is 7.58. The zero-order valence-electron chi connectivity index (χ0n) is 15.4. The number of aryl methyl sites for hydroxylation is 1. The minimum Gasteiger partial charge on any atom is -0.481 e. The van der Waals surface area contributed by atoms with Gasteiger partial charge in [-0.2, -0.15) is 0 Å². The first-order chi connectivity index (χ1) is 13.4. The predicted molar refractivity (Wildman–Crippen MR) is 105 cm³/mol. The van der Waals surface area contributed by atoms with Gasteiger partial charge in [-0.15, -0.1) is 0 Å². The van der Waals surface area contributed by atoms with Gasteiger partial charge in [0.15, 0.2) is 0 Å². The van der Waals surface area contributed by atoms with Crippen LogP contribution in [0.3, 0.4) is 0 Å². The third-order valence-corrected chi connectivity index (χ3v) is 6.41. The monoisotopic (exact) mass is 405 g/mol. The molecule has 0 saturated carbocycles. The van der Waals surface area contributed by atoms with E-state index < -0.39 is 25.2 Å². The number of ether oxygens (including phenoxy) is 1. The molecule has 0 fully saturated rings. The molecular weight excluding hydrogens is 381 g/mol. The van der Waals surface area contributed by atoms with Crippen LogP contribution in [0.5, 0.6) is 0 Å². The second-order valence-corrected chi connectivity index (χ2v) is 8.95. The van der Waals surface area contributed by atoms with Crippen LogP contribution < -0.4 is 5.32 Å². The van der Waals surface area contributed by atoms with Crippen LogP contribution in [-0.4, -0.2) is 34.0 Å². The fourth-order valence-electron chi connectivity index (χ4n) is 2.63. The van der Waals surface area contributed by atoms with Crippen LogP contribution in [0.1, 0.15) is 24.0 Å². The Morgan fingerprint density at radius 1 is 1.00 bits per heavy atom. The average Bonchev–Trinajstić information content (AvgIpc) is 2.69. The second kappa shape index (κ2) is 10.6. The Bertz CT molecular complexity index is 812. The van der Waals surface area contributed by atoms with E-state index in [1.54, 1.807) is 24.3 Å². The molecular formula is C20H24NO6P. The third-order valence-electron chi connectivity index (χ3n) is 4.18. The van der Waals surface area contributed by atoms with Crippen molar-refractivity contribution in [1.82, 2.24) is 5.32 Å². The molecule has 2 unspecified atom stereocenters. The lowest BCUT2D eigenvalue weighted by atomic mass is 10.2. The summed E-state index contributed by atoms with van der Waals surface area (Å²) >= 11 is 0. The van der Waals surface area contributed by atoms with Crippen LogP contribution in [-0.2, 0) is 27.1 Å². The zero-order valence-corrected chi connectivity index (χ0v) is 16.3. The smallest absolute Gasteiger partial charge is 0.408 e. The molecule has 0 radical (unpaired) electrons. The standard InChI is InChI=1S/C20H24NO6P/c22-19(23)12-11-18(21-20(24)27-15-17-9-5-2-6-10-17)28(25,26)14-13-16-7-3-1-4-8-16/h1-10,18H,11-15H2,(H,21,24)(H,22,23)(H,25,26). The molecule has 150 valence electrons. The summed E-state index contributed by atoms with van der Waals surface area (Å²) in [6.07, 6.45) is -1.06. The van der Waals surface area contributed by atoms with Gasteiger partial charge in [0.1, 0.15) is 12.4 Å². The Kier molecular flexibility index (Phi) is 8.23. The lowest BCUT2D eigenvalue weighted by molar-refractivity contribution is -0.137. The van der Waals surface area contributed by atoms with Gasteiger partial charge in [0.2, 0.25) is 7.37 Å². The minimum atomic E-state index is -3.85. The number of hydrogen-bond donors (Lipinski definition) is 3. The summed E-state index contributed by atoms with van der Waals surface area (Å²) in [6.45, 7) is 0.0120. The Balaban J connectivity index is 1.97. The highest BCUT2D eigenvalue weighted by Crippen LogP contribution is 2.47. The number of carboxylic acids is 1. The number of carboxylic acid groups (broad SMARTS) is 1. The van der Waals surface area contributed by atoms with E-state index in [1.165, 1.54) is 0 Å². The maximum Gasteiger partial charge on any atom is 0.408 e. The van der Waals surface area contributed by atoms with E-state index in [-0.39, 0.29) is 25.6 Å². The molecule has 28 heavy (non-hydrogen) atoms. The largest absolute Gasteiger partial charge is 0.481 e. The fraction of sp³-hybridized carbons (Fsp3) is 0.300. The molecule has 0 aliphatic rings. The van der Waals surface area contributed by atoms with Gasteiger partial charge >= 0.3 is 12.1 Å². The van der Waals surface area contributed by atoms with E-state index in [9.17, 15) is 19.0 Å². The van der Waals surface area contributed by atoms with E-state index in [0.29, 0.717) is 6.42 Å². The molecule has 8 heteroatoms. The fourth-order valence-corrected chi connectivity index (χ4v) is 4.36. The first-order valence-corrected chi connectivity index (χ1v) is 10.8. The van der Waals surface area contributed by atoms with Crippen molar-refractivity contribution in [2.75, 3.05) is 6.16 Å². The first-order valence-electron chi connectivity index (χ1n) is 8.91. The van der Waals surface area contributed by atoms with Crippen molar-refractivity contribution in [2.45, 2.75) is 31.7 Å². The van der Waals surface area contributed by atoms with Crippen LogP contribution in [0.4, 0.5) is 4.79 Å². The van der Waals surface area contributed by atoms with E-state index in [2.05, 4.69) is 5.32 Å². The van der Waals surface area contributed by atoms with E-state index >= 15 is 0 Å². The SMILES string of the molecule is O=C(O)CCC(NC(=O)OCc1ccccc1)P(=O)(O)CCc1ccccc1. The molecule has 2 aromatic carbocycles. The normalized spacial score (nSPS) is 13.9. The number of amides is 1. The Hall–Kier alpha value is -2.63. The molecule has 0 spiro atoms. The third kappa shape index (κ3) is 7.55. The summed E-state index contributed by atoms with van der Waals surface area (Å²) in [5, 5.41) is 11.3. The molecule has 3 N–H and O–H groups in total. The number of rotatable bonds is 10. The molecule has 2 atom stereocenters. The number of nitrogens with one attached hydrogen (secondary N) is 1. The van der Waals surface area contributed by atoms with Crippen LogP contribution in [0, 0.1) is 0 Å². The number of alkyl carbamates (subject to hydrolysis) is 1. The van der Waals surface area contributed by atoms with Crippen LogP contribution in [0.2, 0.25) is 0 Å². The van der Waals surface area contributed by atoms with Crippen molar-refractivity contribution < 1.29 is 28.9 Å². The summed E-state index contributed by atoms with van der Waals surface area (Å²) in [4.78, 5) is 33.4. The summed E-state index contributed by atoms with van der Waals surface area (Å²) in [5.74, 6) is -2.29. The van der Waals surface area contributed by atoms with Crippen LogP contribution in [0.15, 0.2) is 60.7 Å².